The molecule has 0 aliphatic carbocycles. The summed E-state index contributed by atoms with van der Waals surface area (Å²) in [4.78, 5) is 0.872. The van der Waals surface area contributed by atoms with Crippen LogP contribution in [-0.4, -0.2) is 11.8 Å². The van der Waals surface area contributed by atoms with Crippen molar-refractivity contribution in [3.05, 3.63) is 29.3 Å². The Kier molecular flexibility index (Phi) is 3.50. The molecule has 0 radical (unpaired) electrons. The molecule has 0 bridgehead atoms. The zero-order valence-electron chi connectivity index (χ0n) is 9.39. The van der Waals surface area contributed by atoms with E-state index in [2.05, 4.69) is 12.2 Å². The maximum Gasteiger partial charge on any atom is 0.159 e. The van der Waals surface area contributed by atoms with Gasteiger partial charge in [-0.05, 0) is 30.7 Å². The largest absolute Gasteiger partial charge is 0.309 e. The van der Waals surface area contributed by atoms with E-state index in [0.29, 0.717) is 5.25 Å². The first-order valence-corrected chi connectivity index (χ1v) is 6.44. The Morgan fingerprint density at radius 3 is 2.56 bits per heavy atom. The number of benzene rings is 1. The number of halogens is 2. The maximum atomic E-state index is 13.2. The minimum Gasteiger partial charge on any atom is -0.309 e. The lowest BCUT2D eigenvalue weighted by molar-refractivity contribution is 0.490. The highest BCUT2D eigenvalue weighted by Gasteiger charge is 2.32. The Morgan fingerprint density at radius 1 is 1.25 bits per heavy atom. The SMILES string of the molecule is CCNC1c2cc(F)c(F)cc2SC1CC. The molecule has 2 unspecified atom stereocenters. The average molecular weight is 243 g/mol. The molecule has 2 atom stereocenters. The average Bonchev–Trinajstić information content (AvgIpc) is 2.58. The fourth-order valence-corrected chi connectivity index (χ4v) is 3.47. The molecule has 1 aliphatic rings. The normalized spacial score (nSPS) is 23.5. The van der Waals surface area contributed by atoms with Gasteiger partial charge in [-0.3, -0.25) is 0 Å². The second-order valence-corrected chi connectivity index (χ2v) is 5.19. The summed E-state index contributed by atoms with van der Waals surface area (Å²) >= 11 is 1.64. The molecule has 0 spiro atoms. The van der Waals surface area contributed by atoms with Gasteiger partial charge in [0.15, 0.2) is 11.6 Å². The van der Waals surface area contributed by atoms with Crippen molar-refractivity contribution < 1.29 is 8.78 Å². The molecule has 0 saturated heterocycles. The number of hydrogen-bond acceptors (Lipinski definition) is 2. The molecule has 2 rings (SSSR count). The second kappa shape index (κ2) is 4.72. The summed E-state index contributed by atoms with van der Waals surface area (Å²) in [7, 11) is 0. The van der Waals surface area contributed by atoms with E-state index in [0.717, 1.165) is 23.4 Å². The van der Waals surface area contributed by atoms with Gasteiger partial charge in [0.25, 0.3) is 0 Å². The molecule has 4 heteroatoms. The summed E-state index contributed by atoms with van der Waals surface area (Å²) < 4.78 is 26.3. The van der Waals surface area contributed by atoms with E-state index in [-0.39, 0.29) is 6.04 Å². The molecule has 0 saturated carbocycles. The molecule has 1 nitrogen and oxygen atoms in total. The first kappa shape index (κ1) is 11.9. The van der Waals surface area contributed by atoms with Gasteiger partial charge < -0.3 is 5.32 Å². The zero-order chi connectivity index (χ0) is 11.7. The van der Waals surface area contributed by atoms with E-state index >= 15 is 0 Å². The van der Waals surface area contributed by atoms with Crippen LogP contribution in [0.15, 0.2) is 17.0 Å². The van der Waals surface area contributed by atoms with Gasteiger partial charge in [-0.2, -0.15) is 0 Å². The number of hydrogen-bond donors (Lipinski definition) is 1. The Labute approximate surface area is 98.6 Å². The molecule has 1 heterocycles. The molecule has 1 N–H and O–H groups in total. The van der Waals surface area contributed by atoms with E-state index in [1.807, 2.05) is 6.92 Å². The van der Waals surface area contributed by atoms with Crippen LogP contribution in [0.25, 0.3) is 0 Å². The molecule has 88 valence electrons. The molecular weight excluding hydrogens is 228 g/mol. The maximum absolute atomic E-state index is 13.2. The summed E-state index contributed by atoms with van der Waals surface area (Å²) in [5.74, 6) is -1.50. The van der Waals surface area contributed by atoms with Crippen molar-refractivity contribution in [2.24, 2.45) is 0 Å². The highest BCUT2D eigenvalue weighted by Crippen LogP contribution is 2.45. The zero-order valence-corrected chi connectivity index (χ0v) is 10.2. The summed E-state index contributed by atoms with van der Waals surface area (Å²) in [5.41, 5.74) is 0.901. The van der Waals surface area contributed by atoms with E-state index in [1.165, 1.54) is 12.1 Å². The lowest BCUT2D eigenvalue weighted by atomic mass is 10.0. The summed E-state index contributed by atoms with van der Waals surface area (Å²) in [6.07, 6.45) is 0.986. The van der Waals surface area contributed by atoms with Crippen molar-refractivity contribution >= 4 is 11.8 Å². The van der Waals surface area contributed by atoms with Crippen LogP contribution in [0.5, 0.6) is 0 Å². The van der Waals surface area contributed by atoms with E-state index in [4.69, 9.17) is 0 Å². The molecule has 1 aliphatic heterocycles. The number of fused-ring (bicyclic) bond motifs is 1. The number of nitrogens with one attached hydrogen (secondary N) is 1. The van der Waals surface area contributed by atoms with Crippen molar-refractivity contribution in [3.8, 4) is 0 Å². The Hall–Kier alpha value is -0.610. The quantitative estimate of drug-likeness (QED) is 0.872. The third-order valence-corrected chi connectivity index (χ3v) is 4.38. The monoisotopic (exact) mass is 243 g/mol. The van der Waals surface area contributed by atoms with Gasteiger partial charge in [0.1, 0.15) is 0 Å². The van der Waals surface area contributed by atoms with Gasteiger partial charge >= 0.3 is 0 Å². The van der Waals surface area contributed by atoms with E-state index in [9.17, 15) is 8.78 Å². The first-order chi connectivity index (χ1) is 7.67. The topological polar surface area (TPSA) is 12.0 Å². The number of rotatable bonds is 3. The standard InChI is InChI=1S/C12H15F2NS/c1-3-10-12(15-4-2)7-5-8(13)9(14)6-11(7)16-10/h5-6,10,12,15H,3-4H2,1-2H3. The fraction of sp³-hybridized carbons (Fsp3) is 0.500. The van der Waals surface area contributed by atoms with Crippen molar-refractivity contribution in [1.82, 2.24) is 5.32 Å². The van der Waals surface area contributed by atoms with Crippen LogP contribution >= 0.6 is 11.8 Å². The Balaban J connectivity index is 2.38. The summed E-state index contributed by atoms with van der Waals surface area (Å²) in [6.45, 7) is 4.95. The Bertz CT molecular complexity index is 395. The molecular formula is C12H15F2NS. The van der Waals surface area contributed by atoms with Gasteiger partial charge in [-0.15, -0.1) is 11.8 Å². The lowest BCUT2D eigenvalue weighted by Gasteiger charge is -2.18. The number of thioether (sulfide) groups is 1. The van der Waals surface area contributed by atoms with Crippen molar-refractivity contribution in [2.75, 3.05) is 6.54 Å². The second-order valence-electron chi connectivity index (χ2n) is 3.90. The van der Waals surface area contributed by atoms with Gasteiger partial charge in [-0.25, -0.2) is 8.78 Å². The minimum absolute atomic E-state index is 0.144. The highest BCUT2D eigenvalue weighted by atomic mass is 32.2. The molecule has 0 fully saturated rings. The van der Waals surface area contributed by atoms with Crippen LogP contribution < -0.4 is 5.32 Å². The van der Waals surface area contributed by atoms with Crippen LogP contribution in [0.4, 0.5) is 8.78 Å². The highest BCUT2D eigenvalue weighted by molar-refractivity contribution is 8.00. The molecule has 1 aromatic rings. The van der Waals surface area contributed by atoms with E-state index in [1.54, 1.807) is 11.8 Å². The smallest absolute Gasteiger partial charge is 0.159 e. The molecule has 1 aromatic carbocycles. The van der Waals surface area contributed by atoms with Crippen molar-refractivity contribution in [3.63, 3.8) is 0 Å². The third-order valence-electron chi connectivity index (χ3n) is 2.86. The van der Waals surface area contributed by atoms with Gasteiger partial charge in [-0.1, -0.05) is 13.8 Å². The summed E-state index contributed by atoms with van der Waals surface area (Å²) in [6, 6.07) is 2.79. The molecule has 16 heavy (non-hydrogen) atoms. The first-order valence-electron chi connectivity index (χ1n) is 5.56. The van der Waals surface area contributed by atoms with Crippen molar-refractivity contribution in [1.29, 1.82) is 0 Å². The summed E-state index contributed by atoms with van der Waals surface area (Å²) in [5, 5.41) is 3.71. The van der Waals surface area contributed by atoms with Crippen LogP contribution in [0.2, 0.25) is 0 Å². The predicted octanol–water partition coefficient (Wildman–Crippen LogP) is 3.50. The minimum atomic E-state index is -0.752. The van der Waals surface area contributed by atoms with Gasteiger partial charge in [0.05, 0.1) is 0 Å². The van der Waals surface area contributed by atoms with Crippen LogP contribution in [-0.2, 0) is 0 Å². The van der Waals surface area contributed by atoms with Gasteiger partial charge in [0.2, 0.25) is 0 Å². The molecule has 0 aromatic heterocycles. The van der Waals surface area contributed by atoms with Crippen LogP contribution in [0, 0.1) is 11.6 Å². The third kappa shape index (κ3) is 1.96. The predicted molar refractivity (Wildman–Crippen MR) is 62.7 cm³/mol. The van der Waals surface area contributed by atoms with Crippen LogP contribution in [0.1, 0.15) is 31.9 Å². The fourth-order valence-electron chi connectivity index (χ4n) is 2.10. The van der Waals surface area contributed by atoms with Gasteiger partial charge in [0, 0.05) is 16.2 Å². The van der Waals surface area contributed by atoms with Crippen molar-refractivity contribution in [2.45, 2.75) is 36.5 Å². The van der Waals surface area contributed by atoms with E-state index < -0.39 is 11.6 Å². The Morgan fingerprint density at radius 2 is 1.94 bits per heavy atom. The lowest BCUT2D eigenvalue weighted by Crippen LogP contribution is -2.26. The van der Waals surface area contributed by atoms with Crippen LogP contribution in [0.3, 0.4) is 0 Å². The molecule has 0 amide bonds.